The SMILES string of the molecule is C=C[CH]([Pd][CH](C=C)c1ccccc1)c1ccccc1. The summed E-state index contributed by atoms with van der Waals surface area (Å²) in [5.74, 6) is 0. The van der Waals surface area contributed by atoms with Crippen molar-refractivity contribution >= 4 is 0 Å². The first-order valence-corrected chi connectivity index (χ1v) is 8.04. The third-order valence-corrected chi connectivity index (χ3v) is 5.69. The summed E-state index contributed by atoms with van der Waals surface area (Å²) in [6.07, 6.45) is 4.12. The Kier molecular flexibility index (Phi) is 5.34. The van der Waals surface area contributed by atoms with Gasteiger partial charge in [-0.2, -0.15) is 0 Å². The molecule has 2 atom stereocenters. The molecule has 2 rings (SSSR count). The summed E-state index contributed by atoms with van der Waals surface area (Å²) in [7, 11) is 0. The molecule has 0 fully saturated rings. The van der Waals surface area contributed by atoms with E-state index in [4.69, 9.17) is 0 Å². The molecule has 0 heterocycles. The van der Waals surface area contributed by atoms with Crippen molar-refractivity contribution in [2.24, 2.45) is 0 Å². The molecule has 0 radical (unpaired) electrons. The van der Waals surface area contributed by atoms with Gasteiger partial charge in [-0.25, -0.2) is 0 Å². The number of hydrogen-bond donors (Lipinski definition) is 0. The van der Waals surface area contributed by atoms with E-state index in [1.165, 1.54) is 11.1 Å². The van der Waals surface area contributed by atoms with Crippen molar-refractivity contribution < 1.29 is 18.0 Å². The van der Waals surface area contributed by atoms with Gasteiger partial charge in [-0.05, 0) is 0 Å². The van der Waals surface area contributed by atoms with Crippen molar-refractivity contribution in [1.82, 2.24) is 0 Å². The predicted octanol–water partition coefficient (Wildman–Crippen LogP) is 4.92. The number of hydrogen-bond acceptors (Lipinski definition) is 0. The minimum atomic E-state index is 0.415. The van der Waals surface area contributed by atoms with E-state index in [2.05, 4.69) is 86.0 Å². The maximum atomic E-state index is 4.00. The van der Waals surface area contributed by atoms with Gasteiger partial charge in [0.2, 0.25) is 0 Å². The molecule has 0 saturated heterocycles. The Morgan fingerprint density at radius 3 is 1.37 bits per heavy atom. The van der Waals surface area contributed by atoms with Crippen LogP contribution in [0.1, 0.15) is 19.9 Å². The Morgan fingerprint density at radius 1 is 0.684 bits per heavy atom. The molecule has 0 spiro atoms. The van der Waals surface area contributed by atoms with Crippen molar-refractivity contribution in [3.63, 3.8) is 0 Å². The molecule has 19 heavy (non-hydrogen) atoms. The van der Waals surface area contributed by atoms with Crippen LogP contribution in [0.3, 0.4) is 0 Å². The second-order valence-electron chi connectivity index (χ2n) is 4.12. The van der Waals surface area contributed by atoms with Gasteiger partial charge in [0, 0.05) is 0 Å². The molecule has 1 heteroatoms. The van der Waals surface area contributed by atoms with E-state index < -0.39 is 0 Å². The second kappa shape index (κ2) is 7.24. The second-order valence-corrected chi connectivity index (χ2v) is 6.58. The molecule has 0 amide bonds. The standard InChI is InChI=1S/2C9H9.Pd/c2*1-2-6-9-7-4-3-5-8-9;/h2*2-8H,1H2;. The van der Waals surface area contributed by atoms with Crippen LogP contribution in [0.5, 0.6) is 0 Å². The summed E-state index contributed by atoms with van der Waals surface area (Å²) in [4.78, 5) is 0. The Labute approximate surface area is 124 Å². The predicted molar refractivity (Wildman–Crippen MR) is 78.8 cm³/mol. The van der Waals surface area contributed by atoms with Crippen LogP contribution in [0.25, 0.3) is 0 Å². The molecule has 0 nitrogen and oxygen atoms in total. The average molecular weight is 341 g/mol. The number of benzene rings is 2. The van der Waals surface area contributed by atoms with Crippen LogP contribution in [-0.2, 0) is 18.0 Å². The molecular weight excluding hydrogens is 323 g/mol. The molecule has 0 aromatic heterocycles. The summed E-state index contributed by atoms with van der Waals surface area (Å²) >= 11 is 0.508. The first-order chi connectivity index (χ1) is 9.35. The van der Waals surface area contributed by atoms with E-state index in [9.17, 15) is 0 Å². The van der Waals surface area contributed by atoms with Crippen LogP contribution >= 0.6 is 0 Å². The van der Waals surface area contributed by atoms with Gasteiger partial charge in [0.25, 0.3) is 0 Å². The van der Waals surface area contributed by atoms with Crippen molar-refractivity contribution in [2.75, 3.05) is 0 Å². The minimum absolute atomic E-state index is 0.415. The van der Waals surface area contributed by atoms with Crippen LogP contribution in [0.4, 0.5) is 0 Å². The van der Waals surface area contributed by atoms with Crippen molar-refractivity contribution in [2.45, 2.75) is 8.78 Å². The fourth-order valence-electron chi connectivity index (χ4n) is 1.85. The average Bonchev–Trinajstić information content (AvgIpc) is 2.50. The molecule has 0 bridgehead atoms. The maximum absolute atomic E-state index is 4.00. The molecule has 0 N–H and O–H groups in total. The van der Waals surface area contributed by atoms with Crippen LogP contribution in [0.15, 0.2) is 86.0 Å². The van der Waals surface area contributed by atoms with Gasteiger partial charge in [0.1, 0.15) is 0 Å². The van der Waals surface area contributed by atoms with Crippen LogP contribution in [0, 0.1) is 0 Å². The fourth-order valence-corrected chi connectivity index (χ4v) is 4.07. The van der Waals surface area contributed by atoms with E-state index in [1.807, 2.05) is 0 Å². The van der Waals surface area contributed by atoms with Crippen molar-refractivity contribution in [3.8, 4) is 0 Å². The topological polar surface area (TPSA) is 0 Å². The Hall–Kier alpha value is -1.42. The van der Waals surface area contributed by atoms with Gasteiger partial charge in [-0.1, -0.05) is 0 Å². The first-order valence-electron chi connectivity index (χ1n) is 6.25. The molecule has 2 unspecified atom stereocenters. The molecule has 0 aliphatic rings. The van der Waals surface area contributed by atoms with Crippen LogP contribution in [0.2, 0.25) is 0 Å². The summed E-state index contributed by atoms with van der Waals surface area (Å²) in [6, 6.07) is 21.2. The molecule has 2 aromatic carbocycles. The van der Waals surface area contributed by atoms with Gasteiger partial charge in [-0.3, -0.25) is 0 Å². The fraction of sp³-hybridized carbons (Fsp3) is 0.111. The Bertz CT molecular complexity index is 466. The van der Waals surface area contributed by atoms with Gasteiger partial charge < -0.3 is 0 Å². The van der Waals surface area contributed by atoms with Gasteiger partial charge >= 0.3 is 124 Å². The third kappa shape index (κ3) is 3.77. The van der Waals surface area contributed by atoms with Gasteiger partial charge in [0.15, 0.2) is 0 Å². The molecule has 0 aliphatic carbocycles. The van der Waals surface area contributed by atoms with E-state index in [0.717, 1.165) is 0 Å². The monoisotopic (exact) mass is 340 g/mol. The number of rotatable bonds is 6. The summed E-state index contributed by atoms with van der Waals surface area (Å²) in [6.45, 7) is 7.99. The normalized spacial score (nSPS) is 13.7. The molecule has 0 saturated carbocycles. The zero-order valence-corrected chi connectivity index (χ0v) is 12.4. The van der Waals surface area contributed by atoms with Gasteiger partial charge in [-0.15, -0.1) is 0 Å². The Balaban J connectivity index is 2.17. The molecular formula is C18H18Pd. The summed E-state index contributed by atoms with van der Waals surface area (Å²) < 4.78 is 0.830. The summed E-state index contributed by atoms with van der Waals surface area (Å²) in [5, 5.41) is 0. The molecule has 0 aliphatic heterocycles. The zero-order chi connectivity index (χ0) is 13.5. The quantitative estimate of drug-likeness (QED) is 0.517. The Morgan fingerprint density at radius 2 is 1.05 bits per heavy atom. The summed E-state index contributed by atoms with van der Waals surface area (Å²) in [5.41, 5.74) is 2.68. The van der Waals surface area contributed by atoms with E-state index in [0.29, 0.717) is 26.8 Å². The van der Waals surface area contributed by atoms with Gasteiger partial charge in [0.05, 0.1) is 0 Å². The van der Waals surface area contributed by atoms with E-state index >= 15 is 0 Å². The van der Waals surface area contributed by atoms with E-state index in [-0.39, 0.29) is 0 Å². The third-order valence-electron chi connectivity index (χ3n) is 2.81. The van der Waals surface area contributed by atoms with Crippen LogP contribution in [-0.4, -0.2) is 0 Å². The number of allylic oxidation sites excluding steroid dienone is 2. The molecule has 2 aromatic rings. The van der Waals surface area contributed by atoms with Crippen LogP contribution < -0.4 is 0 Å². The zero-order valence-electron chi connectivity index (χ0n) is 10.8. The van der Waals surface area contributed by atoms with Crippen molar-refractivity contribution in [1.29, 1.82) is 0 Å². The van der Waals surface area contributed by atoms with E-state index in [1.54, 1.807) is 0 Å². The molecule has 100 valence electrons. The first kappa shape index (κ1) is 14.0. The van der Waals surface area contributed by atoms with Crippen molar-refractivity contribution in [3.05, 3.63) is 97.1 Å².